The third kappa shape index (κ3) is 3.19. The molecule has 0 aliphatic rings. The maximum absolute atomic E-state index is 12.7. The Bertz CT molecular complexity index is 856. The lowest BCUT2D eigenvalue weighted by Gasteiger charge is -2.12. The fourth-order valence-electron chi connectivity index (χ4n) is 1.69. The normalized spacial score (nSPS) is 11.0. The molecule has 5 nitrogen and oxygen atoms in total. The molecule has 1 aromatic heterocycles. The first-order valence-electron chi connectivity index (χ1n) is 5.53. The molecule has 0 aliphatic carbocycles. The number of hydrogen-bond acceptors (Lipinski definition) is 4. The predicted octanol–water partition coefficient (Wildman–Crippen LogP) is 4.69. The van der Waals surface area contributed by atoms with Crippen molar-refractivity contribution in [2.45, 2.75) is 6.18 Å². The van der Waals surface area contributed by atoms with Gasteiger partial charge in [-0.1, -0.05) is 34.8 Å². The second-order valence-electron chi connectivity index (χ2n) is 4.00. The van der Waals surface area contributed by atoms with Gasteiger partial charge >= 0.3 is 6.18 Å². The summed E-state index contributed by atoms with van der Waals surface area (Å²) in [7, 11) is 0. The van der Waals surface area contributed by atoms with Crippen LogP contribution in [0.1, 0.15) is 11.3 Å². The van der Waals surface area contributed by atoms with Crippen LogP contribution in [-0.4, -0.2) is 15.9 Å². The highest BCUT2D eigenvalue weighted by Crippen LogP contribution is 2.40. The van der Waals surface area contributed by atoms with E-state index in [4.69, 9.17) is 40.1 Å². The summed E-state index contributed by atoms with van der Waals surface area (Å²) in [6, 6.07) is 2.89. The number of hydrogen-bond donors (Lipinski definition) is 0. The third-order valence-corrected chi connectivity index (χ3v) is 3.54. The average Bonchev–Trinajstić information content (AvgIpc) is 2.75. The smallest absolute Gasteiger partial charge is 0.211 e. The van der Waals surface area contributed by atoms with Gasteiger partial charge in [-0.3, -0.25) is 0 Å². The minimum atomic E-state index is -4.66. The second-order valence-corrected chi connectivity index (χ2v) is 5.19. The number of isocyanates is 1. The SMILES string of the molecule is N#Cc1nn(-c2c(Cl)cc(C(F)(F)F)cc2Cl)c(N=C=O)c1Cl. The number of aliphatic imine (C=N–C) groups is 1. The average molecular weight is 382 g/mol. The van der Waals surface area contributed by atoms with Crippen LogP contribution in [0.3, 0.4) is 0 Å². The van der Waals surface area contributed by atoms with E-state index in [1.807, 2.05) is 0 Å². The molecule has 2 rings (SSSR count). The number of alkyl halides is 3. The highest BCUT2D eigenvalue weighted by atomic mass is 35.5. The van der Waals surface area contributed by atoms with Crippen LogP contribution in [0, 0.1) is 11.3 Å². The van der Waals surface area contributed by atoms with Gasteiger partial charge in [-0.2, -0.15) is 23.5 Å². The van der Waals surface area contributed by atoms with Crippen molar-refractivity contribution >= 4 is 46.7 Å². The number of benzene rings is 1. The summed E-state index contributed by atoms with van der Waals surface area (Å²) < 4.78 is 39.0. The molecule has 1 heterocycles. The van der Waals surface area contributed by atoms with Crippen LogP contribution in [0.2, 0.25) is 15.1 Å². The Morgan fingerprint density at radius 2 is 1.78 bits per heavy atom. The van der Waals surface area contributed by atoms with E-state index >= 15 is 0 Å². The molecule has 0 fully saturated rings. The molecule has 0 bridgehead atoms. The lowest BCUT2D eigenvalue weighted by molar-refractivity contribution is -0.137. The molecule has 0 aliphatic heterocycles. The summed E-state index contributed by atoms with van der Waals surface area (Å²) in [5.41, 5.74) is -1.60. The maximum Gasteiger partial charge on any atom is 0.416 e. The van der Waals surface area contributed by atoms with Gasteiger partial charge in [-0.05, 0) is 12.1 Å². The van der Waals surface area contributed by atoms with Gasteiger partial charge in [0.1, 0.15) is 16.8 Å². The Kier molecular flexibility index (Phi) is 4.68. The molecular formula is C12H2Cl3F3N4O. The molecule has 0 saturated heterocycles. The summed E-state index contributed by atoms with van der Waals surface area (Å²) in [5.74, 6) is -0.332. The molecule has 11 heteroatoms. The zero-order chi connectivity index (χ0) is 17.4. The molecule has 0 spiro atoms. The molecule has 0 amide bonds. The van der Waals surface area contributed by atoms with E-state index in [1.54, 1.807) is 6.07 Å². The molecule has 2 aromatic rings. The first-order valence-corrected chi connectivity index (χ1v) is 6.67. The topological polar surface area (TPSA) is 71.0 Å². The minimum Gasteiger partial charge on any atom is -0.211 e. The summed E-state index contributed by atoms with van der Waals surface area (Å²) >= 11 is 17.5. The molecule has 0 unspecified atom stereocenters. The Morgan fingerprint density at radius 3 is 2.22 bits per heavy atom. The van der Waals surface area contributed by atoms with Gasteiger partial charge in [0, 0.05) is 0 Å². The fourth-order valence-corrected chi connectivity index (χ4v) is 2.54. The lowest BCUT2D eigenvalue weighted by Crippen LogP contribution is -2.07. The largest absolute Gasteiger partial charge is 0.416 e. The van der Waals surface area contributed by atoms with Crippen LogP contribution >= 0.6 is 34.8 Å². The first-order chi connectivity index (χ1) is 10.7. The van der Waals surface area contributed by atoms with E-state index in [-0.39, 0.29) is 22.2 Å². The standard InChI is InChI=1S/C12H2Cl3F3N4O/c13-6-1-5(12(16,17)18)2-7(14)10(6)22-11(20-4-23)9(15)8(3-19)21-22/h1-2H. The van der Waals surface area contributed by atoms with Gasteiger partial charge in [-0.15, -0.1) is 4.99 Å². The molecule has 23 heavy (non-hydrogen) atoms. The van der Waals surface area contributed by atoms with Gasteiger partial charge in [0.2, 0.25) is 6.08 Å². The predicted molar refractivity (Wildman–Crippen MR) is 76.1 cm³/mol. The summed E-state index contributed by atoms with van der Waals surface area (Å²) in [4.78, 5) is 13.8. The van der Waals surface area contributed by atoms with Gasteiger partial charge in [0.05, 0.1) is 15.6 Å². The molecule has 0 radical (unpaired) electrons. The number of rotatable bonds is 2. The van der Waals surface area contributed by atoms with Gasteiger partial charge in [-0.25, -0.2) is 9.48 Å². The van der Waals surface area contributed by atoms with Crippen molar-refractivity contribution in [1.82, 2.24) is 9.78 Å². The van der Waals surface area contributed by atoms with Crippen LogP contribution in [0.4, 0.5) is 19.0 Å². The third-order valence-electron chi connectivity index (χ3n) is 2.62. The first kappa shape index (κ1) is 17.3. The van der Waals surface area contributed by atoms with Crippen LogP contribution in [0.5, 0.6) is 0 Å². The molecule has 118 valence electrons. The Labute approximate surface area is 141 Å². The molecular weight excluding hydrogens is 380 g/mol. The number of nitrogens with zero attached hydrogens (tertiary/aromatic N) is 4. The minimum absolute atomic E-state index is 0.210. The van der Waals surface area contributed by atoms with Crippen LogP contribution in [0.15, 0.2) is 17.1 Å². The van der Waals surface area contributed by atoms with Crippen molar-refractivity contribution in [2.75, 3.05) is 0 Å². The Balaban J connectivity index is 2.78. The summed E-state index contributed by atoms with van der Waals surface area (Å²) in [5, 5.41) is 11.5. The van der Waals surface area contributed by atoms with E-state index in [1.165, 1.54) is 6.08 Å². The zero-order valence-electron chi connectivity index (χ0n) is 10.6. The van der Waals surface area contributed by atoms with Crippen LogP contribution < -0.4 is 0 Å². The van der Waals surface area contributed by atoms with Crippen molar-refractivity contribution < 1.29 is 18.0 Å². The van der Waals surface area contributed by atoms with Gasteiger partial charge in [0.15, 0.2) is 11.5 Å². The zero-order valence-corrected chi connectivity index (χ0v) is 12.9. The van der Waals surface area contributed by atoms with Gasteiger partial charge in [0.25, 0.3) is 0 Å². The molecule has 1 aromatic carbocycles. The van der Waals surface area contributed by atoms with Crippen LogP contribution in [0.25, 0.3) is 5.69 Å². The van der Waals surface area contributed by atoms with Crippen molar-refractivity contribution in [3.8, 4) is 11.8 Å². The van der Waals surface area contributed by atoms with E-state index in [0.717, 1.165) is 4.68 Å². The van der Waals surface area contributed by atoms with Gasteiger partial charge < -0.3 is 0 Å². The van der Waals surface area contributed by atoms with E-state index < -0.39 is 21.8 Å². The van der Waals surface area contributed by atoms with E-state index in [0.29, 0.717) is 12.1 Å². The molecule has 0 saturated carbocycles. The molecule has 0 N–H and O–H groups in total. The second kappa shape index (κ2) is 6.22. The van der Waals surface area contributed by atoms with Crippen molar-refractivity contribution in [3.05, 3.63) is 38.5 Å². The van der Waals surface area contributed by atoms with Crippen LogP contribution in [-0.2, 0) is 11.0 Å². The molecule has 0 atom stereocenters. The summed E-state index contributed by atoms with van der Waals surface area (Å²) in [6.45, 7) is 0. The lowest BCUT2D eigenvalue weighted by atomic mass is 10.2. The Hall–Kier alpha value is -2.04. The maximum atomic E-state index is 12.7. The number of nitriles is 1. The summed E-state index contributed by atoms with van der Waals surface area (Å²) in [6.07, 6.45) is -3.46. The monoisotopic (exact) mass is 380 g/mol. The van der Waals surface area contributed by atoms with Crippen molar-refractivity contribution in [2.24, 2.45) is 4.99 Å². The fraction of sp³-hybridized carbons (Fsp3) is 0.0833. The number of carbonyl (C=O) groups excluding carboxylic acids is 1. The van der Waals surface area contributed by atoms with Crippen molar-refractivity contribution in [3.63, 3.8) is 0 Å². The van der Waals surface area contributed by atoms with E-state index in [9.17, 15) is 18.0 Å². The number of aromatic nitrogens is 2. The Morgan fingerprint density at radius 1 is 1.22 bits per heavy atom. The van der Waals surface area contributed by atoms with E-state index in [2.05, 4.69) is 10.1 Å². The highest BCUT2D eigenvalue weighted by molar-refractivity contribution is 6.38. The highest BCUT2D eigenvalue weighted by Gasteiger charge is 2.33. The van der Waals surface area contributed by atoms with Crippen molar-refractivity contribution in [1.29, 1.82) is 5.26 Å². The number of halogens is 6. The quantitative estimate of drug-likeness (QED) is 0.559.